The van der Waals surface area contributed by atoms with Crippen LogP contribution in [-0.4, -0.2) is 4.57 Å². The van der Waals surface area contributed by atoms with E-state index in [0.29, 0.717) is 0 Å². The van der Waals surface area contributed by atoms with Crippen molar-refractivity contribution in [3.63, 3.8) is 0 Å². The molecule has 1 nitrogen and oxygen atoms in total. The SMILES string of the molecule is Clc1ccccc1-c1cccc2sc3ccc(-c4ccc5c6ccccc6n(-c6ccccc6)c5c4)cc3c12. The van der Waals surface area contributed by atoms with Crippen LogP contribution in [0.15, 0.2) is 133 Å². The summed E-state index contributed by atoms with van der Waals surface area (Å²) in [6.07, 6.45) is 0. The maximum atomic E-state index is 6.66. The molecule has 0 atom stereocenters. The van der Waals surface area contributed by atoms with Gasteiger partial charge in [0.1, 0.15) is 0 Å². The molecule has 2 heterocycles. The molecule has 6 aromatic carbocycles. The predicted octanol–water partition coefficient (Wildman–Crippen LogP) is 11.1. The quantitative estimate of drug-likeness (QED) is 0.212. The van der Waals surface area contributed by atoms with Crippen molar-refractivity contribution >= 4 is 64.9 Å². The summed E-state index contributed by atoms with van der Waals surface area (Å²) in [4.78, 5) is 0. The van der Waals surface area contributed by atoms with Crippen LogP contribution in [0.1, 0.15) is 0 Å². The Morgan fingerprint density at radius 3 is 2.10 bits per heavy atom. The lowest BCUT2D eigenvalue weighted by molar-refractivity contribution is 1.18. The molecule has 0 fully saturated rings. The zero-order valence-electron chi connectivity index (χ0n) is 20.9. The summed E-state index contributed by atoms with van der Waals surface area (Å²) < 4.78 is 4.94. The van der Waals surface area contributed by atoms with Crippen molar-refractivity contribution in [3.05, 3.63) is 138 Å². The average molecular weight is 536 g/mol. The molecule has 2 aromatic heterocycles. The summed E-state index contributed by atoms with van der Waals surface area (Å²) >= 11 is 8.50. The van der Waals surface area contributed by atoms with Crippen LogP contribution in [-0.2, 0) is 0 Å². The zero-order valence-corrected chi connectivity index (χ0v) is 22.5. The summed E-state index contributed by atoms with van der Waals surface area (Å²) in [5.41, 5.74) is 8.28. The fraction of sp³-hybridized carbons (Fsp3) is 0. The molecule has 0 radical (unpaired) electrons. The smallest absolute Gasteiger partial charge is 0.0547 e. The van der Waals surface area contributed by atoms with E-state index in [2.05, 4.69) is 126 Å². The molecule has 0 aliphatic rings. The highest BCUT2D eigenvalue weighted by Gasteiger charge is 2.16. The van der Waals surface area contributed by atoms with E-state index in [-0.39, 0.29) is 0 Å². The molecule has 184 valence electrons. The average Bonchev–Trinajstić information content (AvgIpc) is 3.53. The predicted molar refractivity (Wildman–Crippen MR) is 170 cm³/mol. The second-order valence-corrected chi connectivity index (χ2v) is 11.4. The van der Waals surface area contributed by atoms with Gasteiger partial charge in [0.05, 0.1) is 11.0 Å². The lowest BCUT2D eigenvalue weighted by atomic mass is 9.97. The highest BCUT2D eigenvalue weighted by Crippen LogP contribution is 2.43. The number of thiophene rings is 1. The Hall–Kier alpha value is -4.37. The molecular weight excluding hydrogens is 514 g/mol. The van der Waals surface area contributed by atoms with Crippen molar-refractivity contribution < 1.29 is 0 Å². The number of nitrogens with zero attached hydrogens (tertiary/aromatic N) is 1. The van der Waals surface area contributed by atoms with Crippen LogP contribution in [0.25, 0.3) is 69.9 Å². The standard InChI is InChI=1S/C36H22ClNS/c37-31-14-6-4-11-26(31)29-13-8-16-35-36(29)30-21-23(18-20-34(30)39-35)24-17-19-28-27-12-5-7-15-32(27)38(33(28)22-24)25-9-2-1-3-10-25/h1-22H. The van der Waals surface area contributed by atoms with E-state index < -0.39 is 0 Å². The zero-order chi connectivity index (χ0) is 25.9. The highest BCUT2D eigenvalue weighted by molar-refractivity contribution is 7.26. The second kappa shape index (κ2) is 8.84. The molecule has 0 saturated carbocycles. The minimum Gasteiger partial charge on any atom is -0.309 e. The fourth-order valence-electron chi connectivity index (χ4n) is 5.92. The number of benzene rings is 6. The number of hydrogen-bond donors (Lipinski definition) is 0. The van der Waals surface area contributed by atoms with Gasteiger partial charge in [-0.2, -0.15) is 0 Å². The third-order valence-electron chi connectivity index (χ3n) is 7.68. The molecular formula is C36H22ClNS. The summed E-state index contributed by atoms with van der Waals surface area (Å²) in [7, 11) is 0. The largest absolute Gasteiger partial charge is 0.309 e. The Kier molecular flexibility index (Phi) is 5.12. The Morgan fingerprint density at radius 1 is 0.487 bits per heavy atom. The summed E-state index contributed by atoms with van der Waals surface area (Å²) in [5, 5.41) is 5.85. The van der Waals surface area contributed by atoms with Gasteiger partial charge < -0.3 is 4.57 Å². The van der Waals surface area contributed by atoms with E-state index in [1.54, 1.807) is 0 Å². The van der Waals surface area contributed by atoms with Crippen LogP contribution in [0, 0.1) is 0 Å². The molecule has 0 spiro atoms. The molecule has 0 amide bonds. The van der Waals surface area contributed by atoms with Gasteiger partial charge in [-0.1, -0.05) is 96.5 Å². The maximum Gasteiger partial charge on any atom is 0.0547 e. The van der Waals surface area contributed by atoms with Gasteiger partial charge >= 0.3 is 0 Å². The molecule has 0 unspecified atom stereocenters. The maximum absolute atomic E-state index is 6.66. The molecule has 0 saturated heterocycles. The first kappa shape index (κ1) is 22.6. The second-order valence-electron chi connectivity index (χ2n) is 9.89. The molecule has 3 heteroatoms. The van der Waals surface area contributed by atoms with Crippen molar-refractivity contribution in [1.82, 2.24) is 4.57 Å². The van der Waals surface area contributed by atoms with Gasteiger partial charge in [0.15, 0.2) is 0 Å². The van der Waals surface area contributed by atoms with Crippen LogP contribution < -0.4 is 0 Å². The Labute approximate surface area is 235 Å². The Morgan fingerprint density at radius 2 is 1.21 bits per heavy atom. The van der Waals surface area contributed by atoms with Gasteiger partial charge in [0, 0.05) is 47.2 Å². The molecule has 8 aromatic rings. The first-order valence-corrected chi connectivity index (χ1v) is 14.2. The number of rotatable bonds is 3. The van der Waals surface area contributed by atoms with Crippen LogP contribution >= 0.6 is 22.9 Å². The van der Waals surface area contributed by atoms with Crippen molar-refractivity contribution in [2.45, 2.75) is 0 Å². The van der Waals surface area contributed by atoms with Gasteiger partial charge in [-0.05, 0) is 65.2 Å². The van der Waals surface area contributed by atoms with Crippen LogP contribution in [0.5, 0.6) is 0 Å². The fourth-order valence-corrected chi connectivity index (χ4v) is 7.27. The van der Waals surface area contributed by atoms with E-state index in [4.69, 9.17) is 11.6 Å². The number of aromatic nitrogens is 1. The number of halogens is 1. The summed E-state index contributed by atoms with van der Waals surface area (Å²) in [6, 6.07) is 47.7. The minimum absolute atomic E-state index is 0.777. The van der Waals surface area contributed by atoms with E-state index in [0.717, 1.165) is 10.6 Å². The number of hydrogen-bond acceptors (Lipinski definition) is 1. The van der Waals surface area contributed by atoms with Crippen molar-refractivity contribution in [2.75, 3.05) is 0 Å². The van der Waals surface area contributed by atoms with Crippen molar-refractivity contribution in [2.24, 2.45) is 0 Å². The number of para-hydroxylation sites is 2. The van der Waals surface area contributed by atoms with Crippen LogP contribution in [0.3, 0.4) is 0 Å². The third-order valence-corrected chi connectivity index (χ3v) is 9.15. The number of fused-ring (bicyclic) bond motifs is 6. The van der Waals surface area contributed by atoms with Crippen LogP contribution in [0.4, 0.5) is 0 Å². The molecule has 0 aliphatic heterocycles. The van der Waals surface area contributed by atoms with E-state index in [9.17, 15) is 0 Å². The third kappa shape index (κ3) is 3.53. The van der Waals surface area contributed by atoms with E-state index >= 15 is 0 Å². The monoisotopic (exact) mass is 535 g/mol. The topological polar surface area (TPSA) is 4.93 Å². The molecule has 0 bridgehead atoms. The van der Waals surface area contributed by atoms with Gasteiger partial charge in [0.2, 0.25) is 0 Å². The minimum atomic E-state index is 0.777. The molecule has 0 aliphatic carbocycles. The molecule has 8 rings (SSSR count). The summed E-state index contributed by atoms with van der Waals surface area (Å²) in [5.74, 6) is 0. The van der Waals surface area contributed by atoms with E-state index in [1.807, 2.05) is 23.5 Å². The first-order valence-electron chi connectivity index (χ1n) is 13.1. The van der Waals surface area contributed by atoms with Crippen LogP contribution in [0.2, 0.25) is 5.02 Å². The highest BCUT2D eigenvalue weighted by atomic mass is 35.5. The molecule has 0 N–H and O–H groups in total. The Balaban J connectivity index is 1.38. The molecule has 39 heavy (non-hydrogen) atoms. The Bertz CT molecular complexity index is 2190. The van der Waals surface area contributed by atoms with Gasteiger partial charge in [-0.25, -0.2) is 0 Å². The lowest BCUT2D eigenvalue weighted by Crippen LogP contribution is -1.93. The lowest BCUT2D eigenvalue weighted by Gasteiger charge is -2.09. The van der Waals surface area contributed by atoms with Gasteiger partial charge in [0.25, 0.3) is 0 Å². The van der Waals surface area contributed by atoms with Gasteiger partial charge in [-0.15, -0.1) is 11.3 Å². The van der Waals surface area contributed by atoms with Gasteiger partial charge in [-0.3, -0.25) is 0 Å². The van der Waals surface area contributed by atoms with E-state index in [1.165, 1.54) is 64.4 Å². The summed E-state index contributed by atoms with van der Waals surface area (Å²) in [6.45, 7) is 0. The van der Waals surface area contributed by atoms with Crippen molar-refractivity contribution in [1.29, 1.82) is 0 Å². The normalized spacial score (nSPS) is 11.7. The van der Waals surface area contributed by atoms with Crippen molar-refractivity contribution in [3.8, 4) is 27.9 Å². The first-order chi connectivity index (χ1) is 19.3.